The predicted molar refractivity (Wildman–Crippen MR) is 95.7 cm³/mol. The molecule has 3 rings (SSSR count). The summed E-state index contributed by atoms with van der Waals surface area (Å²) in [5.74, 6) is 0.395. The zero-order valence-electron chi connectivity index (χ0n) is 14.0. The summed E-state index contributed by atoms with van der Waals surface area (Å²) in [6, 6.07) is 6.34. The molecule has 2 heterocycles. The van der Waals surface area contributed by atoms with Crippen molar-refractivity contribution in [1.29, 1.82) is 0 Å². The van der Waals surface area contributed by atoms with Gasteiger partial charge < -0.3 is 9.84 Å². The maximum absolute atomic E-state index is 10.0. The summed E-state index contributed by atoms with van der Waals surface area (Å²) in [6.07, 6.45) is 3.09. The molecule has 0 radical (unpaired) electrons. The van der Waals surface area contributed by atoms with Gasteiger partial charge in [0.25, 0.3) is 0 Å². The Bertz CT molecular complexity index is 522. The number of halogens is 1. The monoisotopic (exact) mass is 382 g/mol. The third kappa shape index (κ3) is 4.47. The molecule has 0 aliphatic carbocycles. The fourth-order valence-electron chi connectivity index (χ4n) is 3.88. The van der Waals surface area contributed by atoms with E-state index in [2.05, 4.69) is 39.6 Å². The van der Waals surface area contributed by atoms with Crippen LogP contribution in [0, 0.1) is 0 Å². The van der Waals surface area contributed by atoms with Crippen LogP contribution in [0.25, 0.3) is 0 Å². The third-order valence-electron chi connectivity index (χ3n) is 4.96. The topological polar surface area (TPSA) is 35.9 Å². The Hall–Kier alpha value is -0.620. The van der Waals surface area contributed by atoms with Crippen molar-refractivity contribution in [2.24, 2.45) is 0 Å². The Morgan fingerprint density at radius 3 is 2.48 bits per heavy atom. The van der Waals surface area contributed by atoms with Gasteiger partial charge in [-0.2, -0.15) is 0 Å². The van der Waals surface area contributed by atoms with E-state index >= 15 is 0 Å². The summed E-state index contributed by atoms with van der Waals surface area (Å²) in [5, 5.41) is 10.0. The second kappa shape index (κ2) is 7.51. The number of nitrogens with zero attached hydrogens (tertiary/aromatic N) is 2. The Labute approximate surface area is 147 Å². The molecular weight excluding hydrogens is 356 g/mol. The lowest BCUT2D eigenvalue weighted by atomic mass is 10.0. The second-order valence-electron chi connectivity index (χ2n) is 6.99. The van der Waals surface area contributed by atoms with Gasteiger partial charge in [-0.1, -0.05) is 15.9 Å². The van der Waals surface area contributed by atoms with Gasteiger partial charge in [0.15, 0.2) is 0 Å². The van der Waals surface area contributed by atoms with E-state index in [1.165, 1.54) is 12.8 Å². The minimum absolute atomic E-state index is 0.343. The molecule has 2 aliphatic rings. The van der Waals surface area contributed by atoms with E-state index in [9.17, 15) is 5.11 Å². The van der Waals surface area contributed by atoms with E-state index in [1.807, 2.05) is 12.1 Å². The van der Waals surface area contributed by atoms with Crippen LogP contribution in [0.3, 0.4) is 0 Å². The van der Waals surface area contributed by atoms with Gasteiger partial charge in [-0.25, -0.2) is 0 Å². The first-order valence-electron chi connectivity index (χ1n) is 8.60. The Morgan fingerprint density at radius 1 is 1.17 bits per heavy atom. The molecule has 2 aliphatic heterocycles. The zero-order valence-corrected chi connectivity index (χ0v) is 15.6. The maximum Gasteiger partial charge on any atom is 0.120 e. The van der Waals surface area contributed by atoms with Gasteiger partial charge in [0.2, 0.25) is 0 Å². The normalized spacial score (nSPS) is 28.1. The molecule has 0 aromatic heterocycles. The number of hydrogen-bond acceptors (Lipinski definition) is 4. The number of piperidine rings is 1. The molecule has 4 nitrogen and oxygen atoms in total. The Balaban J connectivity index is 1.53. The second-order valence-corrected chi connectivity index (χ2v) is 7.91. The average Bonchev–Trinajstić information content (AvgIpc) is 2.51. The molecule has 23 heavy (non-hydrogen) atoms. The van der Waals surface area contributed by atoms with Gasteiger partial charge in [-0.05, 0) is 58.0 Å². The molecule has 2 saturated heterocycles. The molecule has 2 atom stereocenters. The van der Waals surface area contributed by atoms with Crippen molar-refractivity contribution >= 4 is 15.9 Å². The lowest BCUT2D eigenvalue weighted by Gasteiger charge is -2.43. The molecule has 1 aromatic rings. The van der Waals surface area contributed by atoms with Crippen LogP contribution < -0.4 is 0 Å². The minimum atomic E-state index is 0.343. The lowest BCUT2D eigenvalue weighted by Crippen LogP contribution is -2.53. The van der Waals surface area contributed by atoms with Crippen LogP contribution in [0.1, 0.15) is 32.3 Å². The van der Waals surface area contributed by atoms with Crippen LogP contribution in [0.5, 0.6) is 5.75 Å². The summed E-state index contributed by atoms with van der Waals surface area (Å²) in [7, 11) is 0. The molecule has 5 heteroatoms. The van der Waals surface area contributed by atoms with Crippen LogP contribution in [0.2, 0.25) is 0 Å². The van der Waals surface area contributed by atoms with Gasteiger partial charge in [-0.15, -0.1) is 0 Å². The number of likely N-dealkylation sites (tertiary alicyclic amines) is 1. The van der Waals surface area contributed by atoms with Gasteiger partial charge in [0.1, 0.15) is 5.75 Å². The fourth-order valence-corrected chi connectivity index (χ4v) is 4.29. The van der Waals surface area contributed by atoms with Crippen molar-refractivity contribution in [3.05, 3.63) is 28.2 Å². The number of benzene rings is 1. The highest BCUT2D eigenvalue weighted by Gasteiger charge is 2.30. The van der Waals surface area contributed by atoms with Crippen LogP contribution in [-0.2, 0) is 11.3 Å². The number of rotatable bonds is 3. The molecule has 0 saturated carbocycles. The van der Waals surface area contributed by atoms with Crippen LogP contribution in [-0.4, -0.2) is 59.3 Å². The van der Waals surface area contributed by atoms with Crippen molar-refractivity contribution in [2.45, 2.75) is 51.5 Å². The van der Waals surface area contributed by atoms with Crippen molar-refractivity contribution in [2.75, 3.05) is 26.2 Å². The number of morpholine rings is 1. The number of phenols is 1. The molecule has 1 aromatic carbocycles. The summed E-state index contributed by atoms with van der Waals surface area (Å²) in [6.45, 7) is 9.48. The Morgan fingerprint density at radius 2 is 1.83 bits per heavy atom. The number of ether oxygens (including phenoxy) is 1. The summed E-state index contributed by atoms with van der Waals surface area (Å²) in [5.41, 5.74) is 1.01. The number of hydrogen-bond donors (Lipinski definition) is 1. The molecule has 2 fully saturated rings. The molecule has 128 valence electrons. The zero-order chi connectivity index (χ0) is 16.4. The van der Waals surface area contributed by atoms with E-state index in [-0.39, 0.29) is 0 Å². The number of aromatic hydroxyl groups is 1. The van der Waals surface area contributed by atoms with Crippen LogP contribution in [0.15, 0.2) is 22.7 Å². The van der Waals surface area contributed by atoms with Crippen molar-refractivity contribution in [3.63, 3.8) is 0 Å². The van der Waals surface area contributed by atoms with E-state index < -0.39 is 0 Å². The smallest absolute Gasteiger partial charge is 0.120 e. The SMILES string of the molecule is C[C@H]1CN(C2CCN(Cc3cc(Br)ccc3O)CC2)C[C@H](C)O1. The van der Waals surface area contributed by atoms with Gasteiger partial charge in [-0.3, -0.25) is 9.80 Å². The highest BCUT2D eigenvalue weighted by atomic mass is 79.9. The first kappa shape index (κ1) is 17.2. The van der Waals surface area contributed by atoms with Crippen LogP contribution in [0.4, 0.5) is 0 Å². The largest absolute Gasteiger partial charge is 0.508 e. The molecular formula is C18H27BrN2O2. The van der Waals surface area contributed by atoms with Crippen molar-refractivity contribution < 1.29 is 9.84 Å². The molecule has 1 N–H and O–H groups in total. The molecule has 0 spiro atoms. The van der Waals surface area contributed by atoms with E-state index in [4.69, 9.17) is 4.74 Å². The maximum atomic E-state index is 10.0. The van der Waals surface area contributed by atoms with Gasteiger partial charge in [0.05, 0.1) is 12.2 Å². The van der Waals surface area contributed by atoms with Crippen LogP contribution >= 0.6 is 15.9 Å². The standard InChI is InChI=1S/C18H27BrN2O2/c1-13-10-21(11-14(2)23-13)17-5-7-20(8-6-17)12-15-9-16(19)3-4-18(15)22/h3-4,9,13-14,17,22H,5-8,10-12H2,1-2H3/t13-,14-/m0/s1. The first-order valence-corrected chi connectivity index (χ1v) is 9.40. The first-order chi connectivity index (χ1) is 11.0. The van der Waals surface area contributed by atoms with Gasteiger partial charge in [0, 0.05) is 35.7 Å². The fraction of sp³-hybridized carbons (Fsp3) is 0.667. The van der Waals surface area contributed by atoms with E-state index in [1.54, 1.807) is 6.07 Å². The Kier molecular flexibility index (Phi) is 5.62. The molecule has 0 bridgehead atoms. The van der Waals surface area contributed by atoms with Crippen molar-refractivity contribution in [3.8, 4) is 5.75 Å². The highest BCUT2D eigenvalue weighted by Crippen LogP contribution is 2.26. The summed E-state index contributed by atoms with van der Waals surface area (Å²) < 4.78 is 6.87. The quantitative estimate of drug-likeness (QED) is 0.870. The van der Waals surface area contributed by atoms with E-state index in [0.717, 1.165) is 42.8 Å². The summed E-state index contributed by atoms with van der Waals surface area (Å²) in [4.78, 5) is 5.07. The summed E-state index contributed by atoms with van der Waals surface area (Å²) >= 11 is 3.49. The lowest BCUT2D eigenvalue weighted by molar-refractivity contribution is -0.0865. The number of phenolic OH excluding ortho intramolecular Hbond substituents is 1. The predicted octanol–water partition coefficient (Wildman–Crippen LogP) is 3.23. The molecule has 0 unspecified atom stereocenters. The molecule has 0 amide bonds. The highest BCUT2D eigenvalue weighted by molar-refractivity contribution is 9.10. The van der Waals surface area contributed by atoms with Gasteiger partial charge >= 0.3 is 0 Å². The third-order valence-corrected chi connectivity index (χ3v) is 5.45. The average molecular weight is 383 g/mol. The van der Waals surface area contributed by atoms with E-state index in [0.29, 0.717) is 24.0 Å². The van der Waals surface area contributed by atoms with Crippen molar-refractivity contribution in [1.82, 2.24) is 9.80 Å². The minimum Gasteiger partial charge on any atom is -0.508 e.